The van der Waals surface area contributed by atoms with Gasteiger partial charge in [-0.25, -0.2) is 0 Å². The molecule has 0 aliphatic carbocycles. The van der Waals surface area contributed by atoms with Gasteiger partial charge in [-0.05, 0) is 186 Å². The monoisotopic (exact) mass is 1100 g/mol. The predicted octanol–water partition coefficient (Wildman–Crippen LogP) is 22.9. The van der Waals surface area contributed by atoms with Crippen LogP contribution in [0.5, 0.6) is 0 Å². The zero-order valence-electron chi connectivity index (χ0n) is 48.1. The average Bonchev–Trinajstić information content (AvgIpc) is 3.21. The molecule has 0 aromatic heterocycles. The van der Waals surface area contributed by atoms with Crippen LogP contribution in [0, 0.1) is 0 Å². The van der Waals surface area contributed by atoms with Gasteiger partial charge in [0.2, 0.25) is 0 Å². The molecule has 0 heterocycles. The SMILES string of the molecule is CN(c1ccc(-c2ccc(N(c3ccc4ccccc4c3)c3ccc4ccccc4c3)cc2)cc1)c1cccc2ccccc12.CN(c1ccccc1)c1ccc(-c2ccc(N(c3ccc4ccccc4c3)c3ccc4ccccc4c3)cc2)cc1. The Hall–Kier alpha value is -11.2. The van der Waals surface area contributed by atoms with Crippen molar-refractivity contribution < 1.29 is 0 Å². The molecule has 15 aromatic rings. The molecule has 410 valence electrons. The van der Waals surface area contributed by atoms with E-state index in [0.29, 0.717) is 0 Å². The third-order valence-corrected chi connectivity index (χ3v) is 16.7. The van der Waals surface area contributed by atoms with Crippen molar-refractivity contribution in [2.24, 2.45) is 0 Å². The summed E-state index contributed by atoms with van der Waals surface area (Å²) in [5.41, 5.74) is 16.3. The van der Waals surface area contributed by atoms with Crippen LogP contribution in [0.1, 0.15) is 0 Å². The van der Waals surface area contributed by atoms with Crippen molar-refractivity contribution in [2.75, 3.05) is 33.7 Å². The van der Waals surface area contributed by atoms with Crippen LogP contribution in [0.4, 0.5) is 56.9 Å². The first-order valence-electron chi connectivity index (χ1n) is 29.4. The highest BCUT2D eigenvalue weighted by Crippen LogP contribution is 2.41. The molecule has 86 heavy (non-hydrogen) atoms. The minimum absolute atomic E-state index is 1.12. The van der Waals surface area contributed by atoms with Gasteiger partial charge in [0.05, 0.1) is 0 Å². The molecular formula is C82H62N4. The smallest absolute Gasteiger partial charge is 0.0487 e. The summed E-state index contributed by atoms with van der Waals surface area (Å²) in [7, 11) is 4.24. The molecule has 0 aliphatic rings. The van der Waals surface area contributed by atoms with E-state index in [1.807, 2.05) is 6.07 Å². The number of hydrogen-bond acceptors (Lipinski definition) is 4. The number of anilines is 10. The van der Waals surface area contributed by atoms with Gasteiger partial charge in [0.1, 0.15) is 0 Å². The first kappa shape index (κ1) is 52.8. The Bertz CT molecular complexity index is 4680. The molecule has 0 N–H and O–H groups in total. The van der Waals surface area contributed by atoms with E-state index in [9.17, 15) is 0 Å². The number of para-hydroxylation sites is 1. The van der Waals surface area contributed by atoms with Gasteiger partial charge in [-0.3, -0.25) is 0 Å². The molecule has 0 bridgehead atoms. The molecule has 0 aliphatic heterocycles. The Kier molecular flexibility index (Phi) is 14.5. The summed E-state index contributed by atoms with van der Waals surface area (Å²) in [6.07, 6.45) is 0. The second-order valence-electron chi connectivity index (χ2n) is 21.9. The van der Waals surface area contributed by atoms with E-state index in [4.69, 9.17) is 0 Å². The molecule has 4 nitrogen and oxygen atoms in total. The summed E-state index contributed by atoms with van der Waals surface area (Å²) in [6.45, 7) is 0. The van der Waals surface area contributed by atoms with Gasteiger partial charge in [-0.2, -0.15) is 0 Å². The minimum atomic E-state index is 1.12. The van der Waals surface area contributed by atoms with Crippen molar-refractivity contribution >= 4 is 111 Å². The first-order chi connectivity index (χ1) is 42.4. The summed E-state index contributed by atoms with van der Waals surface area (Å²) in [5.74, 6) is 0. The minimum Gasteiger partial charge on any atom is -0.345 e. The van der Waals surface area contributed by atoms with E-state index in [0.717, 1.165) is 45.5 Å². The summed E-state index contributed by atoms with van der Waals surface area (Å²) >= 11 is 0. The fourth-order valence-corrected chi connectivity index (χ4v) is 12.0. The molecule has 0 saturated carbocycles. The third-order valence-electron chi connectivity index (χ3n) is 16.7. The van der Waals surface area contributed by atoms with Crippen LogP contribution in [0.2, 0.25) is 0 Å². The van der Waals surface area contributed by atoms with E-state index in [1.54, 1.807) is 0 Å². The molecule has 4 heteroatoms. The Labute approximate surface area is 503 Å². The molecular weight excluding hydrogens is 1040 g/mol. The topological polar surface area (TPSA) is 13.0 Å². The van der Waals surface area contributed by atoms with E-state index < -0.39 is 0 Å². The summed E-state index contributed by atoms with van der Waals surface area (Å²) in [4.78, 5) is 9.17. The van der Waals surface area contributed by atoms with Gasteiger partial charge in [0.15, 0.2) is 0 Å². The highest BCUT2D eigenvalue weighted by molar-refractivity contribution is 5.97. The standard InChI is InChI=1S/C43H32N2.C39H30N2/c1-44(43-16-8-14-35-11-6-7-15-42(35)43)38-23-17-33(18-24-38)34-19-25-39(26-20-34)45(40-27-21-31-9-2-4-12-36(31)29-40)41-28-22-32-10-3-5-13-37(32)30-41;1-40(35-13-3-2-4-14-35)36-21-15-31(16-22-36)32-17-23-37(24-18-32)41(38-25-19-29-9-5-7-11-33(29)27-38)39-26-20-30-10-6-8-12-34(30)28-39/h2-30H,1H3;2-28H,1H3. The lowest BCUT2D eigenvalue weighted by molar-refractivity contribution is 1.21. The van der Waals surface area contributed by atoms with Crippen molar-refractivity contribution in [1.29, 1.82) is 0 Å². The molecule has 0 radical (unpaired) electrons. The lowest BCUT2D eigenvalue weighted by Gasteiger charge is -2.26. The van der Waals surface area contributed by atoms with Gasteiger partial charge >= 0.3 is 0 Å². The van der Waals surface area contributed by atoms with E-state index in [-0.39, 0.29) is 0 Å². The van der Waals surface area contributed by atoms with Crippen LogP contribution in [-0.2, 0) is 0 Å². The largest absolute Gasteiger partial charge is 0.345 e. The number of nitrogens with zero attached hydrogens (tertiary/aromatic N) is 4. The highest BCUT2D eigenvalue weighted by atomic mass is 15.1. The normalized spacial score (nSPS) is 11.1. The van der Waals surface area contributed by atoms with Crippen molar-refractivity contribution in [2.45, 2.75) is 0 Å². The number of hydrogen-bond donors (Lipinski definition) is 0. The molecule has 0 unspecified atom stereocenters. The van der Waals surface area contributed by atoms with E-state index in [1.165, 1.54) is 87.5 Å². The van der Waals surface area contributed by atoms with Crippen LogP contribution < -0.4 is 19.6 Å². The maximum atomic E-state index is 2.35. The van der Waals surface area contributed by atoms with Crippen molar-refractivity contribution in [3.8, 4) is 22.3 Å². The van der Waals surface area contributed by atoms with E-state index in [2.05, 4.69) is 367 Å². The number of rotatable bonds is 12. The zero-order chi connectivity index (χ0) is 57.8. The Balaban J connectivity index is 0.000000153. The lowest BCUT2D eigenvalue weighted by atomic mass is 10.0. The quantitative estimate of drug-likeness (QED) is 0.121. The van der Waals surface area contributed by atoms with Crippen LogP contribution in [0.15, 0.2) is 340 Å². The molecule has 0 spiro atoms. The Morgan fingerprint density at radius 1 is 0.174 bits per heavy atom. The summed E-state index contributed by atoms with van der Waals surface area (Å²) in [5, 5.41) is 12.4. The van der Waals surface area contributed by atoms with Gasteiger partial charge in [-0.1, -0.05) is 224 Å². The van der Waals surface area contributed by atoms with Gasteiger partial charge in [0, 0.05) is 76.4 Å². The number of fused-ring (bicyclic) bond motifs is 5. The Morgan fingerprint density at radius 3 is 0.814 bits per heavy atom. The van der Waals surface area contributed by atoms with Crippen molar-refractivity contribution in [3.63, 3.8) is 0 Å². The third kappa shape index (κ3) is 10.9. The second kappa shape index (κ2) is 23.6. The Morgan fingerprint density at radius 2 is 0.442 bits per heavy atom. The van der Waals surface area contributed by atoms with Gasteiger partial charge in [-0.15, -0.1) is 0 Å². The van der Waals surface area contributed by atoms with Crippen LogP contribution in [-0.4, -0.2) is 14.1 Å². The molecule has 0 atom stereocenters. The van der Waals surface area contributed by atoms with Crippen molar-refractivity contribution in [3.05, 3.63) is 340 Å². The summed E-state index contributed by atoms with van der Waals surface area (Å²) < 4.78 is 0. The zero-order valence-corrected chi connectivity index (χ0v) is 48.1. The van der Waals surface area contributed by atoms with Crippen LogP contribution in [0.3, 0.4) is 0 Å². The lowest BCUT2D eigenvalue weighted by Crippen LogP contribution is -2.10. The molecule has 15 rings (SSSR count). The first-order valence-corrected chi connectivity index (χ1v) is 29.4. The fourth-order valence-electron chi connectivity index (χ4n) is 12.0. The number of benzene rings is 15. The summed E-state index contributed by atoms with van der Waals surface area (Å²) in [6, 6.07) is 122. The predicted molar refractivity (Wildman–Crippen MR) is 370 cm³/mol. The maximum absolute atomic E-state index is 2.35. The van der Waals surface area contributed by atoms with Gasteiger partial charge < -0.3 is 19.6 Å². The van der Waals surface area contributed by atoms with Crippen LogP contribution >= 0.6 is 0 Å². The highest BCUT2D eigenvalue weighted by Gasteiger charge is 2.17. The fraction of sp³-hybridized carbons (Fsp3) is 0.0244. The molecule has 0 amide bonds. The second-order valence-corrected chi connectivity index (χ2v) is 21.9. The van der Waals surface area contributed by atoms with Crippen molar-refractivity contribution in [1.82, 2.24) is 0 Å². The molecule has 15 aromatic carbocycles. The van der Waals surface area contributed by atoms with Crippen LogP contribution in [0.25, 0.3) is 76.1 Å². The average molecular weight is 1100 g/mol. The maximum Gasteiger partial charge on any atom is 0.0487 e. The van der Waals surface area contributed by atoms with Gasteiger partial charge in [0.25, 0.3) is 0 Å². The van der Waals surface area contributed by atoms with E-state index >= 15 is 0 Å². The molecule has 0 fully saturated rings. The molecule has 0 saturated heterocycles.